The number of benzene rings is 1. The number of nitrogens with zero attached hydrogens (tertiary/aromatic N) is 4. The summed E-state index contributed by atoms with van der Waals surface area (Å²) < 4.78 is 11.2. The number of imidazole rings is 1. The Labute approximate surface area is 210 Å². The maximum atomic E-state index is 7.22. The lowest BCUT2D eigenvalue weighted by molar-refractivity contribution is 0.122. The van der Waals surface area contributed by atoms with E-state index in [-0.39, 0.29) is 5.92 Å². The van der Waals surface area contributed by atoms with Crippen molar-refractivity contribution in [2.45, 2.75) is 37.8 Å². The number of nitrogens with two attached hydrogens (primary N) is 1. The summed E-state index contributed by atoms with van der Waals surface area (Å²) in [5.41, 5.74) is 17.2. The predicted octanol–water partition coefficient (Wildman–Crippen LogP) is 2.19. The van der Waals surface area contributed by atoms with Crippen LogP contribution in [0, 0.1) is 5.92 Å². The third-order valence-corrected chi connectivity index (χ3v) is 7.50. The molecule has 1 aliphatic carbocycles. The normalized spacial score (nSPS) is 24.4. The van der Waals surface area contributed by atoms with Crippen LogP contribution in [0.15, 0.2) is 46.3 Å². The van der Waals surface area contributed by atoms with E-state index in [1.54, 1.807) is 19.6 Å². The maximum Gasteiger partial charge on any atom is 0.226 e. The second-order valence-corrected chi connectivity index (χ2v) is 9.63. The Hall–Kier alpha value is -3.57. The van der Waals surface area contributed by atoms with Crippen molar-refractivity contribution in [2.24, 2.45) is 21.6 Å². The molecule has 6 rings (SSSR count). The van der Waals surface area contributed by atoms with Gasteiger partial charge in [0.15, 0.2) is 5.84 Å². The van der Waals surface area contributed by atoms with Crippen LogP contribution in [0.5, 0.6) is 5.75 Å². The number of guanidine groups is 1. The average Bonchev–Trinajstić information content (AvgIpc) is 3.61. The average molecular weight is 492 g/mol. The molecule has 0 spiro atoms. The second kappa shape index (κ2) is 9.47. The van der Waals surface area contributed by atoms with Crippen LogP contribution in [0.2, 0.25) is 0 Å². The molecule has 190 valence electrons. The van der Waals surface area contributed by atoms with Crippen molar-refractivity contribution in [2.75, 3.05) is 43.6 Å². The van der Waals surface area contributed by atoms with Gasteiger partial charge in [0.2, 0.25) is 5.96 Å². The van der Waals surface area contributed by atoms with Gasteiger partial charge in [-0.15, -0.1) is 0 Å². The molecule has 1 unspecified atom stereocenters. The zero-order chi connectivity index (χ0) is 24.5. The fraction of sp³-hybridized carbons (Fsp3) is 0.480. The minimum Gasteiger partial charge on any atom is -0.494 e. The summed E-state index contributed by atoms with van der Waals surface area (Å²) in [6.45, 7) is 3.18. The van der Waals surface area contributed by atoms with E-state index in [1.807, 2.05) is 12.1 Å². The molecule has 0 radical (unpaired) electrons. The number of rotatable bonds is 5. The number of hydrogen-bond donors (Lipinski definition) is 5. The Morgan fingerprint density at radius 3 is 2.75 bits per heavy atom. The molecule has 0 amide bonds. The Morgan fingerprint density at radius 1 is 1.17 bits per heavy atom. The SMILES string of the molecule is COc1cc(N2CCOCC2)ccc1NC1=NC(N)(C2CCCCC2)C2=C(c3cnc[nH]3)NNC2=N1. The van der Waals surface area contributed by atoms with Crippen molar-refractivity contribution >= 4 is 28.9 Å². The number of hydrogen-bond acceptors (Lipinski definition) is 10. The number of aromatic nitrogens is 2. The number of methoxy groups -OCH3 is 1. The van der Waals surface area contributed by atoms with Crippen molar-refractivity contribution in [3.63, 3.8) is 0 Å². The van der Waals surface area contributed by atoms with Crippen LogP contribution >= 0.6 is 0 Å². The van der Waals surface area contributed by atoms with E-state index in [1.165, 1.54) is 6.42 Å². The molecule has 3 aliphatic heterocycles. The molecular weight excluding hydrogens is 458 g/mol. The maximum absolute atomic E-state index is 7.22. The van der Waals surface area contributed by atoms with E-state index in [4.69, 9.17) is 25.2 Å². The lowest BCUT2D eigenvalue weighted by Gasteiger charge is -2.39. The van der Waals surface area contributed by atoms with Crippen LogP contribution < -0.4 is 31.5 Å². The smallest absolute Gasteiger partial charge is 0.226 e. The van der Waals surface area contributed by atoms with Gasteiger partial charge in [-0.05, 0) is 25.0 Å². The van der Waals surface area contributed by atoms with E-state index in [0.717, 1.165) is 86.1 Å². The predicted molar refractivity (Wildman–Crippen MR) is 140 cm³/mol. The van der Waals surface area contributed by atoms with Crippen molar-refractivity contribution in [1.29, 1.82) is 0 Å². The molecule has 1 aromatic carbocycles. The summed E-state index contributed by atoms with van der Waals surface area (Å²) in [6.07, 6.45) is 9.02. The van der Waals surface area contributed by atoms with Crippen LogP contribution in [0.1, 0.15) is 37.8 Å². The lowest BCUT2D eigenvalue weighted by atomic mass is 9.75. The first-order valence-corrected chi connectivity index (χ1v) is 12.7. The number of hydrazine groups is 1. The van der Waals surface area contributed by atoms with Crippen LogP contribution in [-0.4, -0.2) is 60.8 Å². The summed E-state index contributed by atoms with van der Waals surface area (Å²) >= 11 is 0. The zero-order valence-electron chi connectivity index (χ0n) is 20.5. The number of ether oxygens (including phenoxy) is 2. The van der Waals surface area contributed by atoms with Gasteiger partial charge < -0.3 is 30.4 Å². The zero-order valence-corrected chi connectivity index (χ0v) is 20.5. The molecule has 1 aromatic heterocycles. The molecule has 2 aromatic rings. The number of aliphatic imine (C=N–C) groups is 2. The molecule has 4 aliphatic rings. The summed E-state index contributed by atoms with van der Waals surface area (Å²) in [4.78, 5) is 19.5. The minimum absolute atomic E-state index is 0.203. The van der Waals surface area contributed by atoms with Crippen molar-refractivity contribution in [3.8, 4) is 5.75 Å². The molecule has 1 saturated carbocycles. The topological polar surface area (TPSA) is 137 Å². The summed E-state index contributed by atoms with van der Waals surface area (Å²) in [7, 11) is 1.67. The molecule has 1 saturated heterocycles. The first-order chi connectivity index (χ1) is 17.7. The largest absolute Gasteiger partial charge is 0.494 e. The molecule has 0 bridgehead atoms. The Bertz CT molecular complexity index is 1190. The molecular formula is C25H33N9O2. The van der Waals surface area contributed by atoms with Crippen LogP contribution in [0.4, 0.5) is 11.4 Å². The monoisotopic (exact) mass is 491 g/mol. The second-order valence-electron chi connectivity index (χ2n) is 9.63. The fourth-order valence-electron chi connectivity index (χ4n) is 5.61. The Morgan fingerprint density at radius 2 is 2.00 bits per heavy atom. The van der Waals surface area contributed by atoms with E-state index < -0.39 is 5.66 Å². The lowest BCUT2D eigenvalue weighted by Crippen LogP contribution is -2.53. The Balaban J connectivity index is 1.35. The molecule has 4 heterocycles. The van der Waals surface area contributed by atoms with Crippen LogP contribution in [0.3, 0.4) is 0 Å². The number of nitrogens with one attached hydrogen (secondary N) is 4. The number of aromatic amines is 1. The first kappa shape index (κ1) is 22.9. The molecule has 6 N–H and O–H groups in total. The van der Waals surface area contributed by atoms with Gasteiger partial charge in [0.05, 0.1) is 55.5 Å². The van der Waals surface area contributed by atoms with Crippen molar-refractivity contribution in [3.05, 3.63) is 42.0 Å². The highest BCUT2D eigenvalue weighted by Crippen LogP contribution is 2.42. The molecule has 2 fully saturated rings. The van der Waals surface area contributed by atoms with Gasteiger partial charge in [-0.1, -0.05) is 19.3 Å². The standard InChI is InChI=1S/C25H33N9O2/c1-35-20-13-17(34-9-11-36-12-10-34)7-8-18(20)29-24-30-23-21(22(32-33-23)19-14-27-15-28-19)25(26,31-24)16-5-3-2-4-6-16/h7-8,13-16H,2-6,9-12,26H2,1H3,(H,27,28)(H3,29,30,31,32,33). The van der Waals surface area contributed by atoms with Gasteiger partial charge in [0.25, 0.3) is 0 Å². The molecule has 11 heteroatoms. The van der Waals surface area contributed by atoms with Gasteiger partial charge in [-0.2, -0.15) is 4.99 Å². The molecule has 36 heavy (non-hydrogen) atoms. The number of amidine groups is 1. The highest BCUT2D eigenvalue weighted by atomic mass is 16.5. The summed E-state index contributed by atoms with van der Waals surface area (Å²) in [5.74, 6) is 2.06. The van der Waals surface area contributed by atoms with Gasteiger partial charge >= 0.3 is 0 Å². The van der Waals surface area contributed by atoms with Crippen LogP contribution in [-0.2, 0) is 4.74 Å². The van der Waals surface area contributed by atoms with Crippen molar-refractivity contribution < 1.29 is 9.47 Å². The number of H-pyrrole nitrogens is 1. The van der Waals surface area contributed by atoms with Gasteiger partial charge in [-0.3, -0.25) is 10.9 Å². The minimum atomic E-state index is -0.933. The number of fused-ring (bicyclic) bond motifs is 1. The van der Waals surface area contributed by atoms with Gasteiger partial charge in [-0.25, -0.2) is 9.98 Å². The van der Waals surface area contributed by atoms with Crippen LogP contribution in [0.25, 0.3) is 5.70 Å². The Kier molecular flexibility index (Phi) is 6.02. The number of anilines is 2. The quantitative estimate of drug-likeness (QED) is 0.429. The summed E-state index contributed by atoms with van der Waals surface area (Å²) in [5, 5.41) is 3.39. The third kappa shape index (κ3) is 4.07. The highest BCUT2D eigenvalue weighted by Gasteiger charge is 2.47. The molecule has 11 nitrogen and oxygen atoms in total. The van der Waals surface area contributed by atoms with E-state index in [9.17, 15) is 0 Å². The number of morpholine rings is 1. The van der Waals surface area contributed by atoms with E-state index in [0.29, 0.717) is 11.8 Å². The fourth-order valence-corrected chi connectivity index (χ4v) is 5.61. The molecule has 1 atom stereocenters. The van der Waals surface area contributed by atoms with Gasteiger partial charge in [0.1, 0.15) is 11.4 Å². The third-order valence-electron chi connectivity index (χ3n) is 7.50. The van der Waals surface area contributed by atoms with Crippen molar-refractivity contribution in [1.82, 2.24) is 20.8 Å². The van der Waals surface area contributed by atoms with Gasteiger partial charge in [0, 0.05) is 30.8 Å². The van der Waals surface area contributed by atoms with E-state index >= 15 is 0 Å². The summed E-state index contributed by atoms with van der Waals surface area (Å²) in [6, 6.07) is 6.13. The van der Waals surface area contributed by atoms with E-state index in [2.05, 4.69) is 37.1 Å². The highest BCUT2D eigenvalue weighted by molar-refractivity contribution is 6.17. The first-order valence-electron chi connectivity index (χ1n) is 12.7.